The van der Waals surface area contributed by atoms with Gasteiger partial charge in [0.15, 0.2) is 5.82 Å². The van der Waals surface area contributed by atoms with Gasteiger partial charge in [-0.05, 0) is 72.3 Å². The summed E-state index contributed by atoms with van der Waals surface area (Å²) in [5.74, 6) is -0.450. The van der Waals surface area contributed by atoms with E-state index in [0.717, 1.165) is 12.1 Å². The van der Waals surface area contributed by atoms with Gasteiger partial charge in [-0.2, -0.15) is 13.2 Å². The van der Waals surface area contributed by atoms with Gasteiger partial charge in [0, 0.05) is 22.4 Å². The third-order valence-electron chi connectivity index (χ3n) is 5.67. The van der Waals surface area contributed by atoms with Gasteiger partial charge in [-0.15, -0.1) is 5.10 Å². The average Bonchev–Trinajstić information content (AvgIpc) is 3.40. The first kappa shape index (κ1) is 23.9. The second-order valence-corrected chi connectivity index (χ2v) is 8.15. The van der Waals surface area contributed by atoms with E-state index in [1.54, 1.807) is 48.5 Å². The van der Waals surface area contributed by atoms with Gasteiger partial charge >= 0.3 is 6.18 Å². The van der Waals surface area contributed by atoms with Gasteiger partial charge in [0.25, 0.3) is 5.91 Å². The topological polar surface area (TPSA) is 59.8 Å². The standard InChI is InChI=1S/C28H18F4N4O/c29-25-15-8-20(16-24(25)18-4-2-1-3-5-18)27(37)34-22-11-6-19(7-12-22)26-33-17-36(35-26)23-13-9-21(10-14-23)28(30,31)32/h1-17H,(H,34,37). The predicted octanol–water partition coefficient (Wildman–Crippen LogP) is 7.01. The van der Waals surface area contributed by atoms with Crippen molar-refractivity contribution in [2.45, 2.75) is 6.18 Å². The van der Waals surface area contributed by atoms with E-state index in [0.29, 0.717) is 39.5 Å². The minimum atomic E-state index is -4.41. The molecule has 4 aromatic carbocycles. The SMILES string of the molecule is O=C(Nc1ccc(-c2ncn(-c3ccc(C(F)(F)F)cc3)n2)cc1)c1ccc(F)c(-c2ccccc2)c1. The summed E-state index contributed by atoms with van der Waals surface area (Å²) in [5.41, 5.74) is 2.16. The summed E-state index contributed by atoms with van der Waals surface area (Å²) in [6.45, 7) is 0. The van der Waals surface area contributed by atoms with Gasteiger partial charge in [0.05, 0.1) is 11.3 Å². The van der Waals surface area contributed by atoms with E-state index < -0.39 is 23.5 Å². The number of halogens is 4. The Bertz CT molecular complexity index is 1540. The van der Waals surface area contributed by atoms with Gasteiger partial charge in [-0.3, -0.25) is 4.79 Å². The highest BCUT2D eigenvalue weighted by atomic mass is 19.4. The Morgan fingerprint density at radius 3 is 2.19 bits per heavy atom. The molecule has 0 aliphatic rings. The number of carbonyl (C=O) groups is 1. The van der Waals surface area contributed by atoms with E-state index in [2.05, 4.69) is 15.4 Å². The maximum Gasteiger partial charge on any atom is 0.416 e. The number of aromatic nitrogens is 3. The summed E-state index contributed by atoms with van der Waals surface area (Å²) < 4.78 is 54.1. The lowest BCUT2D eigenvalue weighted by Gasteiger charge is -2.09. The smallest absolute Gasteiger partial charge is 0.322 e. The summed E-state index contributed by atoms with van der Waals surface area (Å²) in [5, 5.41) is 7.11. The first-order valence-electron chi connectivity index (χ1n) is 11.1. The minimum Gasteiger partial charge on any atom is -0.322 e. The summed E-state index contributed by atoms with van der Waals surface area (Å²) in [6, 6.07) is 24.5. The van der Waals surface area contributed by atoms with Crippen molar-refractivity contribution in [3.63, 3.8) is 0 Å². The Kier molecular flexibility index (Phi) is 6.27. The van der Waals surface area contributed by atoms with Crippen molar-refractivity contribution in [3.8, 4) is 28.2 Å². The Morgan fingerprint density at radius 1 is 0.811 bits per heavy atom. The molecule has 0 bridgehead atoms. The van der Waals surface area contributed by atoms with Crippen LogP contribution in [0.4, 0.5) is 23.2 Å². The normalized spacial score (nSPS) is 11.4. The zero-order chi connectivity index (χ0) is 26.0. The van der Waals surface area contributed by atoms with Crippen LogP contribution in [0.15, 0.2) is 103 Å². The molecule has 1 heterocycles. The van der Waals surface area contributed by atoms with E-state index in [1.807, 2.05) is 6.07 Å². The van der Waals surface area contributed by atoms with Crippen molar-refractivity contribution in [1.82, 2.24) is 14.8 Å². The van der Waals surface area contributed by atoms with Gasteiger partial charge in [0.2, 0.25) is 0 Å². The fourth-order valence-electron chi connectivity index (χ4n) is 3.73. The average molecular weight is 502 g/mol. The van der Waals surface area contributed by atoms with Crippen LogP contribution >= 0.6 is 0 Å². The van der Waals surface area contributed by atoms with Crippen molar-refractivity contribution < 1.29 is 22.4 Å². The third kappa shape index (κ3) is 5.25. The van der Waals surface area contributed by atoms with Crippen LogP contribution in [0.2, 0.25) is 0 Å². The molecule has 1 amide bonds. The number of nitrogens with one attached hydrogen (secondary N) is 1. The van der Waals surface area contributed by atoms with Gasteiger partial charge in [0.1, 0.15) is 12.1 Å². The molecule has 0 aliphatic heterocycles. The molecule has 1 aromatic heterocycles. The summed E-state index contributed by atoms with van der Waals surface area (Å²) in [4.78, 5) is 17.0. The molecular weight excluding hydrogens is 484 g/mol. The number of hydrogen-bond donors (Lipinski definition) is 1. The largest absolute Gasteiger partial charge is 0.416 e. The molecule has 0 saturated carbocycles. The molecule has 0 aliphatic carbocycles. The number of nitrogens with zero attached hydrogens (tertiary/aromatic N) is 3. The van der Waals surface area contributed by atoms with Crippen molar-refractivity contribution in [2.24, 2.45) is 0 Å². The van der Waals surface area contributed by atoms with Gasteiger partial charge in [-0.25, -0.2) is 14.1 Å². The lowest BCUT2D eigenvalue weighted by molar-refractivity contribution is -0.137. The molecule has 5 nitrogen and oxygen atoms in total. The number of rotatable bonds is 5. The van der Waals surface area contributed by atoms with Crippen LogP contribution in [-0.2, 0) is 6.18 Å². The second-order valence-electron chi connectivity index (χ2n) is 8.15. The molecule has 37 heavy (non-hydrogen) atoms. The van der Waals surface area contributed by atoms with Crippen LogP contribution < -0.4 is 5.32 Å². The van der Waals surface area contributed by atoms with Gasteiger partial charge in [-0.1, -0.05) is 30.3 Å². The molecule has 0 fully saturated rings. The Morgan fingerprint density at radius 2 is 1.51 bits per heavy atom. The number of anilines is 1. The van der Waals surface area contributed by atoms with Crippen LogP contribution in [0.3, 0.4) is 0 Å². The molecular formula is C28H18F4N4O. The van der Waals surface area contributed by atoms with Crippen LogP contribution in [0, 0.1) is 5.82 Å². The Hall–Kier alpha value is -4.79. The highest BCUT2D eigenvalue weighted by molar-refractivity contribution is 6.05. The molecule has 5 aromatic rings. The molecule has 0 spiro atoms. The van der Waals surface area contributed by atoms with E-state index in [9.17, 15) is 22.4 Å². The summed E-state index contributed by atoms with van der Waals surface area (Å²) in [7, 11) is 0. The first-order valence-corrected chi connectivity index (χ1v) is 11.1. The number of benzene rings is 4. The van der Waals surface area contributed by atoms with Crippen LogP contribution in [-0.4, -0.2) is 20.7 Å². The number of carbonyl (C=O) groups excluding carboxylic acids is 1. The van der Waals surface area contributed by atoms with E-state index in [1.165, 1.54) is 41.3 Å². The maximum atomic E-state index is 14.3. The van der Waals surface area contributed by atoms with Crippen LogP contribution in [0.1, 0.15) is 15.9 Å². The molecule has 0 saturated heterocycles. The van der Waals surface area contributed by atoms with Crippen molar-refractivity contribution in [2.75, 3.05) is 5.32 Å². The fourth-order valence-corrected chi connectivity index (χ4v) is 3.73. The predicted molar refractivity (Wildman–Crippen MR) is 132 cm³/mol. The summed E-state index contributed by atoms with van der Waals surface area (Å²) >= 11 is 0. The van der Waals surface area contributed by atoms with Crippen molar-refractivity contribution in [3.05, 3.63) is 120 Å². The molecule has 5 rings (SSSR count). The van der Waals surface area contributed by atoms with E-state index in [4.69, 9.17) is 0 Å². The first-order chi connectivity index (χ1) is 17.8. The van der Waals surface area contributed by atoms with E-state index >= 15 is 0 Å². The van der Waals surface area contributed by atoms with Crippen LogP contribution in [0.25, 0.3) is 28.2 Å². The number of alkyl halides is 3. The monoisotopic (exact) mass is 502 g/mol. The lowest BCUT2D eigenvalue weighted by Crippen LogP contribution is -2.12. The molecule has 184 valence electrons. The maximum absolute atomic E-state index is 14.3. The molecule has 0 atom stereocenters. The Labute approximate surface area is 209 Å². The molecule has 9 heteroatoms. The fraction of sp³-hybridized carbons (Fsp3) is 0.0357. The van der Waals surface area contributed by atoms with Crippen LogP contribution in [0.5, 0.6) is 0 Å². The highest BCUT2D eigenvalue weighted by Gasteiger charge is 2.30. The zero-order valence-electron chi connectivity index (χ0n) is 19.1. The second kappa shape index (κ2) is 9.69. The van der Waals surface area contributed by atoms with E-state index in [-0.39, 0.29) is 0 Å². The van der Waals surface area contributed by atoms with Gasteiger partial charge < -0.3 is 5.32 Å². The zero-order valence-corrected chi connectivity index (χ0v) is 19.1. The Balaban J connectivity index is 1.29. The van der Waals surface area contributed by atoms with Crippen molar-refractivity contribution in [1.29, 1.82) is 0 Å². The number of hydrogen-bond acceptors (Lipinski definition) is 3. The number of amides is 1. The summed E-state index contributed by atoms with van der Waals surface area (Å²) in [6.07, 6.45) is -3.00. The minimum absolute atomic E-state index is 0.307. The molecule has 0 radical (unpaired) electrons. The quantitative estimate of drug-likeness (QED) is 0.263. The molecule has 1 N–H and O–H groups in total. The highest BCUT2D eigenvalue weighted by Crippen LogP contribution is 2.30. The lowest BCUT2D eigenvalue weighted by atomic mass is 10.0. The third-order valence-corrected chi connectivity index (χ3v) is 5.67. The molecule has 0 unspecified atom stereocenters. The van der Waals surface area contributed by atoms with Crippen molar-refractivity contribution >= 4 is 11.6 Å².